The van der Waals surface area contributed by atoms with E-state index in [0.29, 0.717) is 31.3 Å². The molecular formula is C18H19ClFN5O2. The van der Waals surface area contributed by atoms with E-state index in [-0.39, 0.29) is 11.1 Å². The summed E-state index contributed by atoms with van der Waals surface area (Å²) in [7, 11) is 0. The van der Waals surface area contributed by atoms with Crippen molar-refractivity contribution in [1.82, 2.24) is 19.9 Å². The summed E-state index contributed by atoms with van der Waals surface area (Å²) < 4.78 is 26.6. The molecular weight excluding hydrogens is 373 g/mol. The Morgan fingerprint density at radius 3 is 3.15 bits per heavy atom. The van der Waals surface area contributed by atoms with Crippen molar-refractivity contribution in [3.63, 3.8) is 0 Å². The van der Waals surface area contributed by atoms with Crippen LogP contribution in [0.2, 0.25) is 5.02 Å². The average Bonchev–Trinajstić information content (AvgIpc) is 3.10. The van der Waals surface area contributed by atoms with Crippen LogP contribution in [0.15, 0.2) is 36.8 Å². The van der Waals surface area contributed by atoms with E-state index in [1.54, 1.807) is 10.6 Å². The average molecular weight is 392 g/mol. The summed E-state index contributed by atoms with van der Waals surface area (Å²) in [6, 6.07) is 6.37. The number of ether oxygens (including phenoxy) is 2. The van der Waals surface area contributed by atoms with Gasteiger partial charge in [-0.05, 0) is 24.3 Å². The Bertz CT molecular complexity index is 929. The maximum absolute atomic E-state index is 13.4. The molecule has 2 aromatic heterocycles. The molecule has 0 aliphatic carbocycles. The SMILES string of the molecule is Fc1ccc(Nc2ncnn3ccc(COC[C@@H]4CNCCO4)c23)cc1Cl. The lowest BCUT2D eigenvalue weighted by atomic mass is 10.2. The maximum Gasteiger partial charge on any atom is 0.158 e. The van der Waals surface area contributed by atoms with Gasteiger partial charge in [0.15, 0.2) is 5.82 Å². The zero-order valence-corrected chi connectivity index (χ0v) is 15.2. The van der Waals surface area contributed by atoms with Crippen LogP contribution in [0.25, 0.3) is 5.52 Å². The van der Waals surface area contributed by atoms with Gasteiger partial charge in [0, 0.05) is 30.5 Å². The zero-order valence-electron chi connectivity index (χ0n) is 14.5. The molecule has 1 aliphatic heterocycles. The molecule has 0 saturated carbocycles. The van der Waals surface area contributed by atoms with Crippen molar-refractivity contribution in [1.29, 1.82) is 0 Å². The fraction of sp³-hybridized carbons (Fsp3) is 0.333. The van der Waals surface area contributed by atoms with Crippen molar-refractivity contribution < 1.29 is 13.9 Å². The van der Waals surface area contributed by atoms with E-state index in [1.165, 1.54) is 18.5 Å². The van der Waals surface area contributed by atoms with Gasteiger partial charge in [0.05, 0.1) is 30.9 Å². The molecule has 0 unspecified atom stereocenters. The first kappa shape index (κ1) is 18.1. The number of hydrogen-bond acceptors (Lipinski definition) is 6. The Labute approximate surface area is 160 Å². The second-order valence-corrected chi connectivity index (χ2v) is 6.62. The van der Waals surface area contributed by atoms with Gasteiger partial charge in [-0.3, -0.25) is 0 Å². The van der Waals surface area contributed by atoms with Gasteiger partial charge in [0.1, 0.15) is 17.7 Å². The highest BCUT2D eigenvalue weighted by Crippen LogP contribution is 2.26. The first-order valence-corrected chi connectivity index (χ1v) is 9.02. The zero-order chi connectivity index (χ0) is 18.6. The van der Waals surface area contributed by atoms with E-state index in [0.717, 1.165) is 24.2 Å². The lowest BCUT2D eigenvalue weighted by molar-refractivity contribution is -0.0355. The van der Waals surface area contributed by atoms with Crippen LogP contribution in [0.3, 0.4) is 0 Å². The molecule has 142 valence electrons. The largest absolute Gasteiger partial charge is 0.374 e. The Morgan fingerprint density at radius 1 is 1.41 bits per heavy atom. The van der Waals surface area contributed by atoms with Gasteiger partial charge >= 0.3 is 0 Å². The van der Waals surface area contributed by atoms with Crippen LogP contribution in [0.1, 0.15) is 5.56 Å². The second-order valence-electron chi connectivity index (χ2n) is 6.21. The predicted molar refractivity (Wildman–Crippen MR) is 99.9 cm³/mol. The molecule has 1 fully saturated rings. The highest BCUT2D eigenvalue weighted by atomic mass is 35.5. The van der Waals surface area contributed by atoms with Crippen LogP contribution >= 0.6 is 11.6 Å². The van der Waals surface area contributed by atoms with Crippen LogP contribution in [-0.4, -0.2) is 47.0 Å². The summed E-state index contributed by atoms with van der Waals surface area (Å²) in [5, 5.41) is 10.7. The number of benzene rings is 1. The predicted octanol–water partition coefficient (Wildman–Crippen LogP) is 2.77. The molecule has 7 nitrogen and oxygen atoms in total. The lowest BCUT2D eigenvalue weighted by Crippen LogP contribution is -2.40. The quantitative estimate of drug-likeness (QED) is 0.673. The number of hydrogen-bond donors (Lipinski definition) is 2. The number of anilines is 2. The summed E-state index contributed by atoms with van der Waals surface area (Å²) in [6.45, 7) is 3.28. The van der Waals surface area contributed by atoms with Gasteiger partial charge in [0.2, 0.25) is 0 Å². The number of aromatic nitrogens is 3. The lowest BCUT2D eigenvalue weighted by Gasteiger charge is -2.23. The summed E-state index contributed by atoms with van der Waals surface area (Å²) in [6.07, 6.45) is 3.35. The van der Waals surface area contributed by atoms with Crippen molar-refractivity contribution >= 4 is 28.6 Å². The van der Waals surface area contributed by atoms with Gasteiger partial charge in [-0.25, -0.2) is 13.9 Å². The number of morpholine rings is 1. The molecule has 1 saturated heterocycles. The minimum atomic E-state index is -0.466. The van der Waals surface area contributed by atoms with Crippen molar-refractivity contribution in [3.8, 4) is 0 Å². The molecule has 2 N–H and O–H groups in total. The molecule has 27 heavy (non-hydrogen) atoms. The molecule has 1 atom stereocenters. The summed E-state index contributed by atoms with van der Waals surface area (Å²) >= 11 is 5.86. The number of rotatable bonds is 6. The van der Waals surface area contributed by atoms with Crippen molar-refractivity contribution in [2.45, 2.75) is 12.7 Å². The Hall–Kier alpha value is -2.26. The van der Waals surface area contributed by atoms with E-state index in [2.05, 4.69) is 20.7 Å². The molecule has 0 radical (unpaired) electrons. The summed E-state index contributed by atoms with van der Waals surface area (Å²) in [5.41, 5.74) is 2.37. The monoisotopic (exact) mass is 391 g/mol. The van der Waals surface area contributed by atoms with Crippen molar-refractivity contribution in [3.05, 3.63) is 53.2 Å². The Balaban J connectivity index is 1.51. The normalized spacial score (nSPS) is 17.3. The number of fused-ring (bicyclic) bond motifs is 1. The molecule has 0 spiro atoms. The number of halogens is 2. The van der Waals surface area contributed by atoms with Crippen molar-refractivity contribution in [2.24, 2.45) is 0 Å². The van der Waals surface area contributed by atoms with Gasteiger partial charge < -0.3 is 20.1 Å². The summed E-state index contributed by atoms with van der Waals surface area (Å²) in [5.74, 6) is 0.123. The maximum atomic E-state index is 13.4. The van der Waals surface area contributed by atoms with E-state index in [4.69, 9.17) is 21.1 Å². The van der Waals surface area contributed by atoms with Crippen LogP contribution in [0.4, 0.5) is 15.9 Å². The number of nitrogens with one attached hydrogen (secondary N) is 2. The topological polar surface area (TPSA) is 72.7 Å². The smallest absolute Gasteiger partial charge is 0.158 e. The molecule has 1 aromatic carbocycles. The highest BCUT2D eigenvalue weighted by molar-refractivity contribution is 6.31. The fourth-order valence-corrected chi connectivity index (χ4v) is 3.14. The third kappa shape index (κ3) is 4.19. The van der Waals surface area contributed by atoms with Crippen LogP contribution in [-0.2, 0) is 16.1 Å². The van der Waals surface area contributed by atoms with Crippen molar-refractivity contribution in [2.75, 3.05) is 31.6 Å². The van der Waals surface area contributed by atoms with Crippen LogP contribution in [0, 0.1) is 5.82 Å². The first-order valence-electron chi connectivity index (χ1n) is 8.64. The van der Waals surface area contributed by atoms with E-state index in [9.17, 15) is 4.39 Å². The molecule has 1 aliphatic rings. The third-order valence-corrected chi connectivity index (χ3v) is 4.58. The van der Waals surface area contributed by atoms with Gasteiger partial charge in [-0.15, -0.1) is 0 Å². The summed E-state index contributed by atoms with van der Waals surface area (Å²) in [4.78, 5) is 4.31. The molecule has 9 heteroatoms. The Morgan fingerprint density at radius 2 is 2.33 bits per heavy atom. The van der Waals surface area contributed by atoms with E-state index in [1.807, 2.05) is 12.3 Å². The highest BCUT2D eigenvalue weighted by Gasteiger charge is 2.15. The van der Waals surface area contributed by atoms with Crippen LogP contribution in [0.5, 0.6) is 0 Å². The first-order chi connectivity index (χ1) is 13.2. The molecule has 0 bridgehead atoms. The molecule has 4 rings (SSSR count). The van der Waals surface area contributed by atoms with Gasteiger partial charge in [-0.2, -0.15) is 5.10 Å². The fourth-order valence-electron chi connectivity index (χ4n) is 2.96. The standard InChI is InChI=1S/C18H19ClFN5O2/c19-15-7-13(1-2-16(15)20)24-18-17-12(3-5-25(17)23-11-22-18)9-26-10-14-8-21-4-6-27-14/h1-3,5,7,11,14,21H,4,6,8-10H2,(H,22,23,24)/t14-/m0/s1. The molecule has 0 amide bonds. The molecule has 3 aromatic rings. The Kier molecular flexibility index (Phi) is 5.49. The minimum absolute atomic E-state index is 0.0464. The van der Waals surface area contributed by atoms with Gasteiger partial charge in [0.25, 0.3) is 0 Å². The van der Waals surface area contributed by atoms with E-state index >= 15 is 0 Å². The third-order valence-electron chi connectivity index (χ3n) is 4.29. The minimum Gasteiger partial charge on any atom is -0.374 e. The molecule has 3 heterocycles. The van der Waals surface area contributed by atoms with Crippen LogP contribution < -0.4 is 10.6 Å². The van der Waals surface area contributed by atoms with E-state index < -0.39 is 5.82 Å². The second kappa shape index (κ2) is 8.18. The van der Waals surface area contributed by atoms with Gasteiger partial charge in [-0.1, -0.05) is 11.6 Å². The number of nitrogens with zero attached hydrogens (tertiary/aromatic N) is 3.